The summed E-state index contributed by atoms with van der Waals surface area (Å²) in [5, 5.41) is 4.99. The van der Waals surface area contributed by atoms with Crippen LogP contribution in [0.15, 0.2) is 22.5 Å². The molecule has 1 aromatic rings. The van der Waals surface area contributed by atoms with Gasteiger partial charge in [-0.3, -0.25) is 9.79 Å². The number of amidine groups is 1. The predicted octanol–water partition coefficient (Wildman–Crippen LogP) is 2.13. The molecule has 0 aromatic carbocycles. The molecule has 2 heterocycles. The van der Waals surface area contributed by atoms with Gasteiger partial charge in [0, 0.05) is 13.0 Å². The number of hydrogen-bond donors (Lipinski definition) is 1. The van der Waals surface area contributed by atoms with Gasteiger partial charge in [0.1, 0.15) is 0 Å². The maximum Gasteiger partial charge on any atom is 0.191 e. The average Bonchev–Trinajstić information content (AvgIpc) is 2.87. The number of halogens is 1. The van der Waals surface area contributed by atoms with Crippen LogP contribution in [-0.4, -0.2) is 24.7 Å². The Morgan fingerprint density at radius 3 is 3.07 bits per heavy atom. The van der Waals surface area contributed by atoms with E-state index in [1.165, 1.54) is 11.3 Å². The van der Waals surface area contributed by atoms with E-state index in [1.807, 2.05) is 17.5 Å². The molecule has 0 saturated heterocycles. The number of ketones is 1. The summed E-state index contributed by atoms with van der Waals surface area (Å²) in [6.45, 7) is 1.27. The Kier molecular flexibility index (Phi) is 4.78. The van der Waals surface area contributed by atoms with Crippen molar-refractivity contribution in [3.8, 4) is 0 Å². The molecule has 82 valence electrons. The van der Waals surface area contributed by atoms with Crippen LogP contribution in [0.2, 0.25) is 0 Å². The molecule has 1 N–H and O–H groups in total. The van der Waals surface area contributed by atoms with Gasteiger partial charge in [0.15, 0.2) is 5.78 Å². The lowest BCUT2D eigenvalue weighted by Crippen LogP contribution is -2.27. The van der Waals surface area contributed by atoms with Crippen LogP contribution in [0.1, 0.15) is 22.5 Å². The monoisotopic (exact) mass is 244 g/mol. The number of nitrogens with one attached hydrogen (secondary N) is 1. The molecule has 0 bridgehead atoms. The number of aliphatic imine (C=N–C) groups is 1. The van der Waals surface area contributed by atoms with E-state index < -0.39 is 0 Å². The Balaban J connectivity index is 0.00000112. The SMILES string of the molecule is Cl.O=C(CNC1=NCCC1)c1cccs1. The normalized spacial score (nSPS) is 14.3. The second-order valence-electron chi connectivity index (χ2n) is 3.19. The molecule has 0 aliphatic carbocycles. The first-order valence-corrected chi connectivity index (χ1v) is 5.58. The minimum Gasteiger partial charge on any atom is -0.366 e. The zero-order valence-electron chi connectivity index (χ0n) is 8.23. The summed E-state index contributed by atoms with van der Waals surface area (Å²) >= 11 is 1.48. The Morgan fingerprint density at radius 2 is 2.47 bits per heavy atom. The second kappa shape index (κ2) is 5.88. The number of nitrogens with zero attached hydrogens (tertiary/aromatic N) is 1. The Hall–Kier alpha value is -0.870. The van der Waals surface area contributed by atoms with Crippen molar-refractivity contribution >= 4 is 35.4 Å². The maximum atomic E-state index is 11.6. The number of thiophene rings is 1. The van der Waals surface area contributed by atoms with E-state index in [9.17, 15) is 4.79 Å². The lowest BCUT2D eigenvalue weighted by Gasteiger charge is -2.02. The molecule has 0 fully saturated rings. The van der Waals surface area contributed by atoms with E-state index in [-0.39, 0.29) is 18.2 Å². The lowest BCUT2D eigenvalue weighted by atomic mass is 10.3. The third kappa shape index (κ3) is 3.32. The van der Waals surface area contributed by atoms with Gasteiger partial charge in [-0.2, -0.15) is 0 Å². The molecule has 2 rings (SSSR count). The van der Waals surface area contributed by atoms with Crippen LogP contribution in [0.3, 0.4) is 0 Å². The van der Waals surface area contributed by atoms with Crippen molar-refractivity contribution in [1.82, 2.24) is 5.32 Å². The van der Waals surface area contributed by atoms with E-state index in [0.717, 1.165) is 30.1 Å². The number of rotatable bonds is 3. The van der Waals surface area contributed by atoms with E-state index in [1.54, 1.807) is 0 Å². The summed E-state index contributed by atoms with van der Waals surface area (Å²) in [7, 11) is 0. The van der Waals surface area contributed by atoms with Gasteiger partial charge in [-0.05, 0) is 17.9 Å². The van der Waals surface area contributed by atoms with E-state index >= 15 is 0 Å². The predicted molar refractivity (Wildman–Crippen MR) is 65.4 cm³/mol. The standard InChI is InChI=1S/C10H12N2OS.ClH/c13-8(9-3-2-6-14-9)7-12-10-4-1-5-11-10;/h2-3,6H,1,4-5,7H2,(H,11,12);1H. The van der Waals surface area contributed by atoms with E-state index in [4.69, 9.17) is 0 Å². The summed E-state index contributed by atoms with van der Waals surface area (Å²) < 4.78 is 0. The molecule has 0 saturated carbocycles. The largest absolute Gasteiger partial charge is 0.366 e. The first-order valence-electron chi connectivity index (χ1n) is 4.70. The topological polar surface area (TPSA) is 41.5 Å². The fourth-order valence-corrected chi connectivity index (χ4v) is 2.06. The van der Waals surface area contributed by atoms with Gasteiger partial charge in [-0.1, -0.05) is 6.07 Å². The third-order valence-corrected chi connectivity index (χ3v) is 3.03. The van der Waals surface area contributed by atoms with Crippen molar-refractivity contribution in [3.05, 3.63) is 22.4 Å². The van der Waals surface area contributed by atoms with Gasteiger partial charge in [-0.15, -0.1) is 23.7 Å². The fourth-order valence-electron chi connectivity index (χ4n) is 1.39. The second-order valence-corrected chi connectivity index (χ2v) is 4.13. The number of carbonyl (C=O) groups is 1. The van der Waals surface area contributed by atoms with Crippen molar-refractivity contribution in [1.29, 1.82) is 0 Å². The van der Waals surface area contributed by atoms with Crippen molar-refractivity contribution in [2.24, 2.45) is 4.99 Å². The van der Waals surface area contributed by atoms with Crippen LogP contribution < -0.4 is 5.32 Å². The van der Waals surface area contributed by atoms with Crippen molar-refractivity contribution in [2.75, 3.05) is 13.1 Å². The molecule has 0 amide bonds. The Morgan fingerprint density at radius 1 is 1.60 bits per heavy atom. The lowest BCUT2D eigenvalue weighted by molar-refractivity contribution is 0.1000. The van der Waals surface area contributed by atoms with Crippen LogP contribution in [0, 0.1) is 0 Å². The van der Waals surface area contributed by atoms with Crippen molar-refractivity contribution in [3.63, 3.8) is 0 Å². The van der Waals surface area contributed by atoms with Crippen LogP contribution in [0.25, 0.3) is 0 Å². The average molecular weight is 245 g/mol. The molecule has 0 unspecified atom stereocenters. The Labute approximate surface area is 99.0 Å². The van der Waals surface area contributed by atoms with Gasteiger partial charge in [0.05, 0.1) is 17.3 Å². The van der Waals surface area contributed by atoms with Crippen LogP contribution in [0.4, 0.5) is 0 Å². The fraction of sp³-hybridized carbons (Fsp3) is 0.400. The minimum absolute atomic E-state index is 0. The molecule has 0 atom stereocenters. The third-order valence-electron chi connectivity index (χ3n) is 2.12. The number of hydrogen-bond acceptors (Lipinski definition) is 4. The van der Waals surface area contributed by atoms with Gasteiger partial charge in [0.25, 0.3) is 0 Å². The highest BCUT2D eigenvalue weighted by Crippen LogP contribution is 2.09. The zero-order chi connectivity index (χ0) is 9.80. The zero-order valence-corrected chi connectivity index (χ0v) is 9.87. The van der Waals surface area contributed by atoms with Crippen LogP contribution in [-0.2, 0) is 0 Å². The highest BCUT2D eigenvalue weighted by molar-refractivity contribution is 7.12. The van der Waals surface area contributed by atoms with Gasteiger partial charge in [0.2, 0.25) is 0 Å². The van der Waals surface area contributed by atoms with Gasteiger partial charge < -0.3 is 5.32 Å². The summed E-state index contributed by atoms with van der Waals surface area (Å²) in [5.74, 6) is 1.13. The molecule has 5 heteroatoms. The van der Waals surface area contributed by atoms with Crippen molar-refractivity contribution in [2.45, 2.75) is 12.8 Å². The summed E-state index contributed by atoms with van der Waals surface area (Å²) in [6.07, 6.45) is 2.09. The molecule has 1 aliphatic rings. The highest BCUT2D eigenvalue weighted by Gasteiger charge is 2.09. The highest BCUT2D eigenvalue weighted by atomic mass is 35.5. The quantitative estimate of drug-likeness (QED) is 0.828. The molecule has 0 spiro atoms. The summed E-state index contributed by atoms with van der Waals surface area (Å²) in [4.78, 5) is 16.6. The van der Waals surface area contributed by atoms with Crippen LogP contribution >= 0.6 is 23.7 Å². The van der Waals surface area contributed by atoms with E-state index in [0.29, 0.717) is 6.54 Å². The molecule has 1 aromatic heterocycles. The van der Waals surface area contributed by atoms with Crippen molar-refractivity contribution < 1.29 is 4.79 Å². The molecule has 1 aliphatic heterocycles. The first-order chi connectivity index (χ1) is 6.86. The van der Waals surface area contributed by atoms with Crippen LogP contribution in [0.5, 0.6) is 0 Å². The summed E-state index contributed by atoms with van der Waals surface area (Å²) in [5.41, 5.74) is 0. The number of carbonyl (C=O) groups excluding carboxylic acids is 1. The first kappa shape index (κ1) is 12.2. The maximum absolute atomic E-state index is 11.6. The molecule has 3 nitrogen and oxygen atoms in total. The molecule has 0 radical (unpaired) electrons. The van der Waals surface area contributed by atoms with Gasteiger partial charge >= 0.3 is 0 Å². The summed E-state index contributed by atoms with van der Waals surface area (Å²) in [6, 6.07) is 3.75. The molecular weight excluding hydrogens is 232 g/mol. The Bertz CT molecular complexity index is 348. The minimum atomic E-state index is 0. The molecular formula is C10H13ClN2OS. The smallest absolute Gasteiger partial charge is 0.191 e. The van der Waals surface area contributed by atoms with E-state index in [2.05, 4.69) is 10.3 Å². The van der Waals surface area contributed by atoms with Gasteiger partial charge in [-0.25, -0.2) is 0 Å². The number of Topliss-reactive ketones (excluding diaryl/α,β-unsaturated/α-hetero) is 1. The molecule has 15 heavy (non-hydrogen) atoms.